The third-order valence-electron chi connectivity index (χ3n) is 6.17. The van der Waals surface area contributed by atoms with Crippen LogP contribution in [0.3, 0.4) is 0 Å². The predicted octanol–water partition coefficient (Wildman–Crippen LogP) is 2.95. The van der Waals surface area contributed by atoms with E-state index in [1.165, 1.54) is 0 Å². The molecular formula is C25H30N4O4S. The topological polar surface area (TPSA) is 93.5 Å². The van der Waals surface area contributed by atoms with Crippen LogP contribution in [0.2, 0.25) is 0 Å². The van der Waals surface area contributed by atoms with Crippen LogP contribution >= 0.6 is 0 Å². The molecule has 0 aliphatic carbocycles. The molecule has 0 unspecified atom stereocenters. The summed E-state index contributed by atoms with van der Waals surface area (Å²) in [5.74, 6) is 0.571. The Balaban J connectivity index is 1.60. The number of ether oxygens (including phenoxy) is 1. The van der Waals surface area contributed by atoms with E-state index in [4.69, 9.17) is 4.74 Å². The monoisotopic (exact) mass is 482 g/mol. The molecule has 1 amide bonds. The second-order valence-electron chi connectivity index (χ2n) is 8.74. The molecule has 1 fully saturated rings. The third kappa shape index (κ3) is 5.31. The van der Waals surface area contributed by atoms with Crippen LogP contribution < -0.4 is 10.1 Å². The summed E-state index contributed by atoms with van der Waals surface area (Å²) in [6.07, 6.45) is 0.477. The molecular weight excluding hydrogens is 452 g/mol. The second-order valence-corrected chi connectivity index (χ2v) is 11.0. The van der Waals surface area contributed by atoms with Crippen LogP contribution in [-0.4, -0.2) is 68.3 Å². The van der Waals surface area contributed by atoms with Crippen molar-refractivity contribution in [2.45, 2.75) is 18.5 Å². The summed E-state index contributed by atoms with van der Waals surface area (Å²) in [5, 5.41) is 7.57. The smallest absolute Gasteiger partial charge is 0.271 e. The first kappa shape index (κ1) is 24.0. The minimum absolute atomic E-state index is 0.00766. The van der Waals surface area contributed by atoms with Crippen molar-refractivity contribution in [3.63, 3.8) is 0 Å². The maximum atomic E-state index is 13.1. The number of hydrogen-bond acceptors (Lipinski definition) is 6. The average Bonchev–Trinajstić information content (AvgIpc) is 3.43. The highest BCUT2D eigenvalue weighted by molar-refractivity contribution is 7.91. The molecule has 2 aromatic carbocycles. The number of carbonyl (C=O) groups excluding carboxylic acids is 1. The molecule has 180 valence electrons. The summed E-state index contributed by atoms with van der Waals surface area (Å²) < 4.78 is 31.2. The van der Waals surface area contributed by atoms with Crippen molar-refractivity contribution in [3.05, 3.63) is 71.9 Å². The van der Waals surface area contributed by atoms with Gasteiger partial charge in [-0.2, -0.15) is 5.10 Å². The lowest BCUT2D eigenvalue weighted by molar-refractivity contribution is 0.0936. The van der Waals surface area contributed by atoms with E-state index in [0.717, 1.165) is 11.1 Å². The van der Waals surface area contributed by atoms with Crippen LogP contribution in [0.15, 0.2) is 60.7 Å². The van der Waals surface area contributed by atoms with Crippen LogP contribution in [0, 0.1) is 0 Å². The van der Waals surface area contributed by atoms with Crippen molar-refractivity contribution in [1.82, 2.24) is 20.0 Å². The van der Waals surface area contributed by atoms with E-state index >= 15 is 0 Å². The molecule has 0 spiro atoms. The number of sulfone groups is 1. The summed E-state index contributed by atoms with van der Waals surface area (Å²) in [6.45, 7) is 0.415. The molecule has 1 N–H and O–H groups in total. The quantitative estimate of drug-likeness (QED) is 0.531. The van der Waals surface area contributed by atoms with Crippen molar-refractivity contribution >= 4 is 15.7 Å². The highest BCUT2D eigenvalue weighted by atomic mass is 32.2. The zero-order chi connectivity index (χ0) is 24.3. The van der Waals surface area contributed by atoms with Gasteiger partial charge in [0.1, 0.15) is 5.75 Å². The van der Waals surface area contributed by atoms with Gasteiger partial charge in [0.2, 0.25) is 0 Å². The summed E-state index contributed by atoms with van der Waals surface area (Å²) >= 11 is 0. The average molecular weight is 483 g/mol. The van der Waals surface area contributed by atoms with E-state index in [9.17, 15) is 13.2 Å². The van der Waals surface area contributed by atoms with Crippen molar-refractivity contribution in [2.24, 2.45) is 0 Å². The van der Waals surface area contributed by atoms with Crippen LogP contribution in [0.25, 0.3) is 11.3 Å². The summed E-state index contributed by atoms with van der Waals surface area (Å²) in [6, 6.07) is 18.9. The van der Waals surface area contributed by atoms with Gasteiger partial charge in [-0.1, -0.05) is 30.3 Å². The first-order chi connectivity index (χ1) is 16.3. The van der Waals surface area contributed by atoms with Gasteiger partial charge in [-0.05, 0) is 56.4 Å². The molecule has 8 nitrogen and oxygen atoms in total. The van der Waals surface area contributed by atoms with Gasteiger partial charge in [-0.3, -0.25) is 9.48 Å². The Morgan fingerprint density at radius 2 is 1.88 bits per heavy atom. The Labute approximate surface area is 200 Å². The fraction of sp³-hybridized carbons (Fsp3) is 0.360. The number of carbonyl (C=O) groups is 1. The zero-order valence-electron chi connectivity index (χ0n) is 19.6. The van der Waals surface area contributed by atoms with E-state index in [-0.39, 0.29) is 35.2 Å². The van der Waals surface area contributed by atoms with Crippen LogP contribution in [0.1, 0.15) is 34.6 Å². The number of hydrogen-bond donors (Lipinski definition) is 1. The zero-order valence-corrected chi connectivity index (χ0v) is 20.5. The molecule has 0 bridgehead atoms. The molecule has 1 aliphatic rings. The number of rotatable bonds is 8. The highest BCUT2D eigenvalue weighted by Crippen LogP contribution is 2.31. The SMILES string of the molecule is COc1ccc(-c2cc(C(=O)NC[C@H](c3ccccc3)N(C)C)nn2[C@H]2CCS(=O)(=O)C2)cc1. The molecule has 2 atom stereocenters. The first-order valence-electron chi connectivity index (χ1n) is 11.2. The van der Waals surface area contributed by atoms with E-state index in [1.807, 2.05) is 68.7 Å². The molecule has 2 heterocycles. The van der Waals surface area contributed by atoms with Crippen molar-refractivity contribution < 1.29 is 17.9 Å². The number of methoxy groups -OCH3 is 1. The van der Waals surface area contributed by atoms with Gasteiger partial charge < -0.3 is 15.0 Å². The maximum Gasteiger partial charge on any atom is 0.271 e. The van der Waals surface area contributed by atoms with Gasteiger partial charge in [0.15, 0.2) is 15.5 Å². The predicted molar refractivity (Wildman–Crippen MR) is 132 cm³/mol. The largest absolute Gasteiger partial charge is 0.497 e. The molecule has 1 aliphatic heterocycles. The molecule has 4 rings (SSSR count). The van der Waals surface area contributed by atoms with E-state index < -0.39 is 9.84 Å². The standard InChI is InChI=1S/C25H30N4O4S/c1-28(2)24(18-7-5-4-6-8-18)16-26-25(30)22-15-23(19-9-11-21(33-3)12-10-19)29(27-22)20-13-14-34(31,32)17-20/h4-12,15,20,24H,13-14,16-17H2,1-3H3,(H,26,30)/t20-,24+/m0/s1. The minimum Gasteiger partial charge on any atom is -0.497 e. The lowest BCUT2D eigenvalue weighted by Crippen LogP contribution is -2.34. The first-order valence-corrected chi connectivity index (χ1v) is 13.0. The molecule has 3 aromatic rings. The number of nitrogens with zero attached hydrogens (tertiary/aromatic N) is 3. The van der Waals surface area contributed by atoms with Gasteiger partial charge >= 0.3 is 0 Å². The van der Waals surface area contributed by atoms with E-state index in [2.05, 4.69) is 15.3 Å². The highest BCUT2D eigenvalue weighted by Gasteiger charge is 2.32. The Morgan fingerprint density at radius 3 is 2.47 bits per heavy atom. The number of aromatic nitrogens is 2. The normalized spacial score (nSPS) is 18.1. The van der Waals surface area contributed by atoms with Crippen molar-refractivity contribution in [3.8, 4) is 17.0 Å². The Hall–Kier alpha value is -3.17. The molecule has 1 aromatic heterocycles. The van der Waals surface area contributed by atoms with E-state index in [0.29, 0.717) is 24.4 Å². The molecule has 0 radical (unpaired) electrons. The van der Waals surface area contributed by atoms with Gasteiger partial charge in [-0.25, -0.2) is 8.42 Å². The molecule has 9 heteroatoms. The van der Waals surface area contributed by atoms with Gasteiger partial charge in [0, 0.05) is 12.1 Å². The lowest BCUT2D eigenvalue weighted by Gasteiger charge is -2.24. The second kappa shape index (κ2) is 9.99. The number of likely N-dealkylation sites (N-methyl/N-ethyl adjacent to an activating group) is 1. The molecule has 0 saturated carbocycles. The number of amides is 1. The fourth-order valence-corrected chi connectivity index (χ4v) is 5.98. The maximum absolute atomic E-state index is 13.1. The number of benzene rings is 2. The summed E-state index contributed by atoms with van der Waals surface area (Å²) in [7, 11) is 2.43. The van der Waals surface area contributed by atoms with Crippen LogP contribution in [0.4, 0.5) is 0 Å². The summed E-state index contributed by atoms with van der Waals surface area (Å²) in [5.41, 5.74) is 2.92. The van der Waals surface area contributed by atoms with Crippen molar-refractivity contribution in [1.29, 1.82) is 0 Å². The van der Waals surface area contributed by atoms with Crippen LogP contribution in [0.5, 0.6) is 5.75 Å². The Morgan fingerprint density at radius 1 is 1.18 bits per heavy atom. The lowest BCUT2D eigenvalue weighted by atomic mass is 10.1. The van der Waals surface area contributed by atoms with Gasteiger partial charge in [0.05, 0.1) is 36.4 Å². The van der Waals surface area contributed by atoms with Crippen LogP contribution in [-0.2, 0) is 9.84 Å². The Bertz CT molecular complexity index is 1240. The fourth-order valence-electron chi connectivity index (χ4n) is 4.28. The third-order valence-corrected chi connectivity index (χ3v) is 7.92. The van der Waals surface area contributed by atoms with Gasteiger partial charge in [-0.15, -0.1) is 0 Å². The number of nitrogens with one attached hydrogen (secondary N) is 1. The summed E-state index contributed by atoms with van der Waals surface area (Å²) in [4.78, 5) is 15.2. The Kier molecular flexibility index (Phi) is 7.04. The van der Waals surface area contributed by atoms with E-state index in [1.54, 1.807) is 17.9 Å². The molecule has 1 saturated heterocycles. The van der Waals surface area contributed by atoms with Crippen molar-refractivity contribution in [2.75, 3.05) is 39.3 Å². The van der Waals surface area contributed by atoms with Gasteiger partial charge in [0.25, 0.3) is 5.91 Å². The minimum atomic E-state index is -3.11. The molecule has 34 heavy (non-hydrogen) atoms.